The summed E-state index contributed by atoms with van der Waals surface area (Å²) in [6.07, 6.45) is 8.58. The third kappa shape index (κ3) is 19.8. The Bertz CT molecular complexity index is 1500. The number of ether oxygens (including phenoxy) is 2. The van der Waals surface area contributed by atoms with Crippen molar-refractivity contribution in [3.8, 4) is 0 Å². The Kier molecular flexibility index (Phi) is 30.8. The first-order valence-corrected chi connectivity index (χ1v) is 13.3. The maximum Gasteiger partial charge on any atom is 1.00 e. The summed E-state index contributed by atoms with van der Waals surface area (Å²) in [7, 11) is 1.51. The number of rotatable bonds is 5. The van der Waals surface area contributed by atoms with Gasteiger partial charge < -0.3 is 34.9 Å². The second kappa shape index (κ2) is 29.2. The van der Waals surface area contributed by atoms with Crippen LogP contribution in [0.15, 0.2) is 56.1 Å². The van der Waals surface area contributed by atoms with Crippen LogP contribution in [-0.2, 0) is 19.2 Å². The van der Waals surface area contributed by atoms with Gasteiger partial charge in [-0.1, -0.05) is 58.6 Å². The summed E-state index contributed by atoms with van der Waals surface area (Å²) in [6.45, 7) is -0.181. The monoisotopic (exact) mass is 819 g/mol. The molecule has 45 heavy (non-hydrogen) atoms. The molecule has 4 aromatic heterocycles. The van der Waals surface area contributed by atoms with Crippen molar-refractivity contribution in [1.82, 2.24) is 19.9 Å². The molecule has 23 heteroatoms. The van der Waals surface area contributed by atoms with Gasteiger partial charge in [-0.3, -0.25) is 14.2 Å². The summed E-state index contributed by atoms with van der Waals surface area (Å²) in [5.74, 6) is -1.16. The minimum absolute atomic E-state index is 0. The van der Waals surface area contributed by atoms with E-state index in [-0.39, 0.29) is 133 Å². The van der Waals surface area contributed by atoms with Gasteiger partial charge >= 0.3 is 115 Å². The number of oxazole rings is 2. The molecule has 0 saturated heterocycles. The fourth-order valence-electron chi connectivity index (χ4n) is 1.97. The molecule has 0 aliphatic heterocycles. The average molecular weight is 822 g/mol. The number of halogens is 6. The molecule has 0 amide bonds. The maximum atomic E-state index is 11.2. The Balaban J connectivity index is -0.000000275. The molecule has 0 radical (unpaired) electrons. The molecule has 4 rings (SSSR count). The number of nitrogens with one attached hydrogen (secondary N) is 1. The molecule has 0 aliphatic carbocycles. The number of aromatic nitrogens is 4. The van der Waals surface area contributed by atoms with Crippen molar-refractivity contribution >= 4 is 100 Å². The zero-order valence-corrected chi connectivity index (χ0v) is 35.0. The first-order chi connectivity index (χ1) is 20.9. The minimum Gasteiger partial charge on any atom is -1.00 e. The normalized spacial score (nSPS) is 9.04. The van der Waals surface area contributed by atoms with E-state index in [9.17, 15) is 14.0 Å². The topological polar surface area (TPSA) is 183 Å². The van der Waals surface area contributed by atoms with E-state index in [4.69, 9.17) is 86.1 Å². The van der Waals surface area contributed by atoms with Crippen LogP contribution in [-0.4, -0.2) is 59.7 Å². The van der Waals surface area contributed by atoms with E-state index >= 15 is 0 Å². The molecule has 236 valence electrons. The number of esters is 2. The van der Waals surface area contributed by atoms with Gasteiger partial charge in [0.05, 0.1) is 64.6 Å². The van der Waals surface area contributed by atoms with Gasteiger partial charge in [-0.05, 0) is 23.4 Å². The third-order valence-corrected chi connectivity index (χ3v) is 6.87. The Hall–Kier alpha value is 0.313. The molecular formula is C22H18Cl5FK2N4O9S2. The molecule has 4 aromatic rings. The largest absolute Gasteiger partial charge is 1.00 e. The van der Waals surface area contributed by atoms with Gasteiger partial charge in [0.25, 0.3) is 17.0 Å². The van der Waals surface area contributed by atoms with Gasteiger partial charge in [0.15, 0.2) is 0 Å². The van der Waals surface area contributed by atoms with Crippen molar-refractivity contribution in [2.75, 3.05) is 21.4 Å². The molecule has 0 aliphatic rings. The number of nitrogens with zero attached hydrogens (tertiary/aromatic N) is 3. The van der Waals surface area contributed by atoms with Gasteiger partial charge in [-0.15, -0.1) is 0 Å². The second-order valence-electron chi connectivity index (χ2n) is 6.16. The molecule has 0 saturated carbocycles. The van der Waals surface area contributed by atoms with Crippen molar-refractivity contribution in [3.05, 3.63) is 78.7 Å². The zero-order valence-electron chi connectivity index (χ0n) is 25.3. The summed E-state index contributed by atoms with van der Waals surface area (Å²) in [6, 6.07) is 0. The summed E-state index contributed by atoms with van der Waals surface area (Å²) in [4.78, 5) is 47.6. The molecule has 1 N–H and O–H groups in total. The van der Waals surface area contributed by atoms with Gasteiger partial charge in [0.2, 0.25) is 11.5 Å². The Morgan fingerprint density at radius 2 is 1.42 bits per heavy atom. The SMILES string of the molecule is COC(=O)c1cnc(Cl)o1.COC(=O)c1cnc(Sc2c(Cl)cncc2Cl)o1.O=CO[O-].S=c1c(Cl)c[nH]cc1Cl.[2H]CF.[H-].[K+].[K+]. The van der Waals surface area contributed by atoms with Crippen LogP contribution in [0.4, 0.5) is 4.39 Å². The average Bonchev–Trinajstić information content (AvgIpc) is 3.67. The summed E-state index contributed by atoms with van der Waals surface area (Å²) < 4.78 is 34.6. The number of hydrogen-bond acceptors (Lipinski definition) is 14. The van der Waals surface area contributed by atoms with Crippen molar-refractivity contribution < 1.29 is 153 Å². The first-order valence-electron chi connectivity index (χ1n) is 10.9. The summed E-state index contributed by atoms with van der Waals surface area (Å²) in [5.41, 5.74) is 0. The fourth-order valence-corrected chi connectivity index (χ4v) is 3.90. The predicted molar refractivity (Wildman–Crippen MR) is 156 cm³/mol. The Morgan fingerprint density at radius 3 is 1.80 bits per heavy atom. The minimum atomic E-state index is -1.00. The summed E-state index contributed by atoms with van der Waals surface area (Å²) >= 11 is 34.3. The van der Waals surface area contributed by atoms with Crippen molar-refractivity contribution in [2.45, 2.75) is 10.1 Å². The van der Waals surface area contributed by atoms with E-state index < -0.39 is 19.1 Å². The molecule has 4 heterocycles. The van der Waals surface area contributed by atoms with E-state index in [0.717, 1.165) is 11.8 Å². The number of carbonyl (C=O) groups is 3. The zero-order chi connectivity index (χ0) is 33.7. The van der Waals surface area contributed by atoms with Gasteiger partial charge in [-0.25, -0.2) is 19.6 Å². The van der Waals surface area contributed by atoms with Crippen LogP contribution in [0.1, 0.15) is 23.9 Å². The predicted octanol–water partition coefficient (Wildman–Crippen LogP) is 0.621. The number of hydrogen-bond donors (Lipinski definition) is 1. The number of H-pyrrole nitrogens is 1. The standard InChI is InChI=1S/C10H6Cl2N2O3S.C5H3Cl2NS.C5H4ClNO3.CH3F.CH2O3.2K.H/c1-16-9(15)7-4-14-10(17-7)18-8-5(11)2-13-3-6(8)12;6-3-1-8-2-4(7)5(3)9;1-9-4(8)3-2-7-5(6)10-3;1-2;2-1-4-3;;;/h2-4H,1H3;1-2H,(H,8,9);2H,1H3;1H3;1,3H;;;/q;;;;;2*+1;-1/p-1/i;;;1D;;;;. The summed E-state index contributed by atoms with van der Waals surface area (Å²) in [5, 5.41) is 10.3. The van der Waals surface area contributed by atoms with Gasteiger partial charge in [-0.2, -0.15) is 0 Å². The van der Waals surface area contributed by atoms with Crippen molar-refractivity contribution in [1.29, 1.82) is 0 Å². The number of alkyl halides is 1. The first kappa shape index (κ1) is 47.4. The van der Waals surface area contributed by atoms with Crippen LogP contribution in [0, 0.1) is 4.51 Å². The molecule has 13 nitrogen and oxygen atoms in total. The number of pyridine rings is 2. The molecule has 0 atom stereocenters. The number of carbonyl (C=O) groups excluding carboxylic acids is 3. The van der Waals surface area contributed by atoms with E-state index in [0.29, 0.717) is 29.5 Å². The molecule has 0 bridgehead atoms. The smallest absolute Gasteiger partial charge is 1.00 e. The molecular weight excluding hydrogens is 803 g/mol. The molecule has 0 fully saturated rings. The van der Waals surface area contributed by atoms with Crippen LogP contribution >= 0.6 is 82.0 Å². The van der Waals surface area contributed by atoms with Gasteiger partial charge in [0.1, 0.15) is 0 Å². The quantitative estimate of drug-likeness (QED) is 0.0739. The van der Waals surface area contributed by atoms with Gasteiger partial charge in [0, 0.05) is 24.8 Å². The van der Waals surface area contributed by atoms with E-state index in [1.807, 2.05) is 0 Å². The second-order valence-corrected chi connectivity index (χ2v) is 9.48. The van der Waals surface area contributed by atoms with Crippen molar-refractivity contribution in [3.63, 3.8) is 0 Å². The number of aromatic amines is 1. The Labute approximate surface area is 377 Å². The molecule has 0 unspecified atom stereocenters. The third-order valence-electron chi connectivity index (χ3n) is 3.63. The van der Waals surface area contributed by atoms with Crippen LogP contribution < -0.4 is 108 Å². The van der Waals surface area contributed by atoms with Crippen molar-refractivity contribution in [2.24, 2.45) is 0 Å². The Morgan fingerprint density at radius 1 is 0.978 bits per heavy atom. The van der Waals surface area contributed by atoms with Crippen LogP contribution in [0.3, 0.4) is 0 Å². The molecule has 0 spiro atoms. The van der Waals surface area contributed by atoms with Crippen LogP contribution in [0.5, 0.6) is 0 Å². The number of methoxy groups -OCH3 is 2. The van der Waals surface area contributed by atoms with Crippen LogP contribution in [0.2, 0.25) is 25.4 Å². The van der Waals surface area contributed by atoms with E-state index in [1.54, 1.807) is 12.4 Å². The van der Waals surface area contributed by atoms with Crippen LogP contribution in [0.25, 0.3) is 0 Å². The molecule has 0 aromatic carbocycles. The van der Waals surface area contributed by atoms with E-state index in [2.05, 4.69) is 38.7 Å². The maximum absolute atomic E-state index is 11.2. The fraction of sp³-hybridized carbons (Fsp3) is 0.136. The van der Waals surface area contributed by atoms with E-state index in [1.165, 1.54) is 39.0 Å².